The van der Waals surface area contributed by atoms with Gasteiger partial charge in [-0.15, -0.1) is 0 Å². The van der Waals surface area contributed by atoms with Gasteiger partial charge in [0.25, 0.3) is 0 Å². The molecular formula is C27H40BrF3N2O4. The molecule has 1 saturated carbocycles. The number of hydrogen-bond donors (Lipinski definition) is 1. The second-order valence-corrected chi connectivity index (χ2v) is 11.3. The summed E-state index contributed by atoms with van der Waals surface area (Å²) >= 11 is 3.56. The first-order chi connectivity index (χ1) is 17.4. The fourth-order valence-electron chi connectivity index (χ4n) is 5.19. The highest BCUT2D eigenvalue weighted by Crippen LogP contribution is 2.35. The molecule has 2 aliphatic heterocycles. The lowest BCUT2D eigenvalue weighted by molar-refractivity contribution is -0.189. The van der Waals surface area contributed by atoms with Crippen molar-refractivity contribution in [2.45, 2.75) is 102 Å². The largest absolute Gasteiger partial charge is 0.489 e. The van der Waals surface area contributed by atoms with E-state index in [0.717, 1.165) is 59.5 Å². The summed E-state index contributed by atoms with van der Waals surface area (Å²) in [5, 5.41) is 10.2. The van der Waals surface area contributed by atoms with Gasteiger partial charge in [0.1, 0.15) is 5.75 Å². The van der Waals surface area contributed by atoms with E-state index in [9.17, 15) is 23.1 Å². The molecule has 0 spiro atoms. The van der Waals surface area contributed by atoms with E-state index in [4.69, 9.17) is 9.47 Å². The lowest BCUT2D eigenvalue weighted by Crippen LogP contribution is -2.58. The molecule has 3 fully saturated rings. The van der Waals surface area contributed by atoms with Crippen LogP contribution in [-0.2, 0) is 15.1 Å². The minimum Gasteiger partial charge on any atom is -0.489 e. The summed E-state index contributed by atoms with van der Waals surface area (Å²) in [5.74, 6) is -0.953. The first-order valence-electron chi connectivity index (χ1n) is 13.3. The van der Waals surface area contributed by atoms with Gasteiger partial charge < -0.3 is 19.5 Å². The van der Waals surface area contributed by atoms with E-state index in [2.05, 4.69) is 20.8 Å². The number of amides is 1. The predicted molar refractivity (Wildman–Crippen MR) is 140 cm³/mol. The molecule has 2 heterocycles. The maximum absolute atomic E-state index is 12.6. The highest BCUT2D eigenvalue weighted by atomic mass is 79.9. The zero-order valence-corrected chi connectivity index (χ0v) is 23.8. The quantitative estimate of drug-likeness (QED) is 0.463. The monoisotopic (exact) mass is 592 g/mol. The van der Waals surface area contributed by atoms with Gasteiger partial charge in [-0.05, 0) is 86.0 Å². The minimum absolute atomic E-state index is 0.0789. The molecule has 37 heavy (non-hydrogen) atoms. The summed E-state index contributed by atoms with van der Waals surface area (Å²) in [5.41, 5.74) is -0.0724. The third kappa shape index (κ3) is 8.07. The Morgan fingerprint density at radius 3 is 2.08 bits per heavy atom. The van der Waals surface area contributed by atoms with Crippen LogP contribution in [0, 0.1) is 0 Å². The van der Waals surface area contributed by atoms with E-state index in [-0.39, 0.29) is 31.4 Å². The molecule has 6 nitrogen and oxygen atoms in total. The van der Waals surface area contributed by atoms with Crippen molar-refractivity contribution >= 4 is 21.8 Å². The Balaban J connectivity index is 0.00000186. The number of carbonyl (C=O) groups is 1. The predicted octanol–water partition coefficient (Wildman–Crippen LogP) is 5.65. The van der Waals surface area contributed by atoms with Gasteiger partial charge in [-0.3, -0.25) is 9.69 Å². The molecule has 1 amide bonds. The van der Waals surface area contributed by atoms with Crippen LogP contribution in [-0.4, -0.2) is 77.5 Å². The fourth-order valence-corrected chi connectivity index (χ4v) is 5.66. The van der Waals surface area contributed by atoms with E-state index in [1.54, 1.807) is 13.8 Å². The Morgan fingerprint density at radius 2 is 1.57 bits per heavy atom. The van der Waals surface area contributed by atoms with E-state index in [0.29, 0.717) is 18.9 Å². The number of rotatable bonds is 6. The number of aliphatic hydroxyl groups is 1. The van der Waals surface area contributed by atoms with Crippen molar-refractivity contribution in [3.8, 4) is 5.75 Å². The summed E-state index contributed by atoms with van der Waals surface area (Å²) in [6.45, 7) is 9.40. The van der Waals surface area contributed by atoms with Crippen LogP contribution in [0.4, 0.5) is 13.2 Å². The molecule has 3 aliphatic rings. The molecule has 1 N–H and O–H groups in total. The van der Waals surface area contributed by atoms with Crippen LogP contribution in [0.2, 0.25) is 0 Å². The van der Waals surface area contributed by atoms with Gasteiger partial charge in [0.15, 0.2) is 0 Å². The van der Waals surface area contributed by atoms with Gasteiger partial charge in [-0.25, -0.2) is 0 Å². The Hall–Kier alpha value is -1.36. The molecular weight excluding hydrogens is 553 g/mol. The van der Waals surface area contributed by atoms with Crippen molar-refractivity contribution in [2.24, 2.45) is 0 Å². The molecule has 1 aromatic rings. The molecule has 4 rings (SSSR count). The maximum Gasteiger partial charge on any atom is 0.471 e. The Kier molecular flexibility index (Phi) is 10.3. The van der Waals surface area contributed by atoms with Crippen molar-refractivity contribution in [2.75, 3.05) is 26.2 Å². The van der Waals surface area contributed by atoms with Gasteiger partial charge in [0, 0.05) is 32.2 Å². The van der Waals surface area contributed by atoms with Crippen molar-refractivity contribution in [3.05, 3.63) is 28.2 Å². The van der Waals surface area contributed by atoms with Crippen molar-refractivity contribution in [3.63, 3.8) is 0 Å². The van der Waals surface area contributed by atoms with E-state index in [1.165, 1.54) is 0 Å². The number of carbonyl (C=O) groups excluding carboxylic acids is 1. The molecule has 210 valence electrons. The Labute approximate surface area is 226 Å². The number of likely N-dealkylation sites (tertiary alicyclic amines) is 2. The normalized spacial score (nSPS) is 24.2. The zero-order valence-electron chi connectivity index (χ0n) is 22.2. The molecule has 10 heteroatoms. The number of alkyl halides is 3. The van der Waals surface area contributed by atoms with E-state index < -0.39 is 17.7 Å². The number of hydrogen-bond acceptors (Lipinski definition) is 5. The second-order valence-electron chi connectivity index (χ2n) is 10.5. The number of halogens is 4. The van der Waals surface area contributed by atoms with Gasteiger partial charge in [0.2, 0.25) is 0 Å². The lowest BCUT2D eigenvalue weighted by atomic mass is 9.89. The number of nitrogens with zero attached hydrogens (tertiary/aromatic N) is 2. The van der Waals surface area contributed by atoms with Crippen molar-refractivity contribution < 1.29 is 32.5 Å². The van der Waals surface area contributed by atoms with Crippen LogP contribution >= 0.6 is 15.9 Å². The molecule has 0 unspecified atom stereocenters. The number of ether oxygens (including phenoxy) is 2. The highest BCUT2D eigenvalue weighted by molar-refractivity contribution is 9.10. The van der Waals surface area contributed by atoms with Crippen LogP contribution in [0.25, 0.3) is 0 Å². The van der Waals surface area contributed by atoms with Gasteiger partial charge in [-0.1, -0.05) is 19.9 Å². The number of benzene rings is 1. The van der Waals surface area contributed by atoms with Crippen LogP contribution in [0.5, 0.6) is 5.75 Å². The first kappa shape index (κ1) is 30.2. The fraction of sp³-hybridized carbons (Fsp3) is 0.741. The van der Waals surface area contributed by atoms with Gasteiger partial charge in [-0.2, -0.15) is 13.2 Å². The lowest BCUT2D eigenvalue weighted by Gasteiger charge is -2.47. The average molecular weight is 594 g/mol. The summed E-state index contributed by atoms with van der Waals surface area (Å²) in [4.78, 5) is 14.7. The molecule has 1 aliphatic carbocycles. The van der Waals surface area contributed by atoms with Crippen LogP contribution < -0.4 is 4.74 Å². The molecule has 0 radical (unpaired) electrons. The molecule has 0 aromatic heterocycles. The van der Waals surface area contributed by atoms with Gasteiger partial charge in [0.05, 0.1) is 28.4 Å². The summed E-state index contributed by atoms with van der Waals surface area (Å²) in [6, 6.07) is 6.20. The van der Waals surface area contributed by atoms with Crippen molar-refractivity contribution in [1.82, 2.24) is 9.80 Å². The topological polar surface area (TPSA) is 62.2 Å². The van der Waals surface area contributed by atoms with Crippen LogP contribution in [0.15, 0.2) is 22.7 Å². The molecule has 0 bridgehead atoms. The zero-order chi connectivity index (χ0) is 27.4. The first-order valence-corrected chi connectivity index (χ1v) is 14.1. The maximum atomic E-state index is 12.6. The Bertz CT molecular complexity index is 887. The van der Waals surface area contributed by atoms with Gasteiger partial charge >= 0.3 is 12.1 Å². The summed E-state index contributed by atoms with van der Waals surface area (Å²) < 4.78 is 50.9. The smallest absolute Gasteiger partial charge is 0.471 e. The molecule has 1 aromatic carbocycles. The van der Waals surface area contributed by atoms with Crippen LogP contribution in [0.1, 0.15) is 71.8 Å². The minimum atomic E-state index is -4.80. The SMILES string of the molecule is CC.CC(C)(O)c1ccc(OC2CCC(N3CC(OC4CCN(C(=O)C(F)(F)F)CC4)C3)CC2)c(Br)c1. The molecule has 0 atom stereocenters. The summed E-state index contributed by atoms with van der Waals surface area (Å²) in [7, 11) is 0. The van der Waals surface area contributed by atoms with Crippen molar-refractivity contribution in [1.29, 1.82) is 0 Å². The van der Waals surface area contributed by atoms with E-state index >= 15 is 0 Å². The summed E-state index contributed by atoms with van der Waals surface area (Å²) in [6.07, 6.45) is 0.340. The highest BCUT2D eigenvalue weighted by Gasteiger charge is 2.44. The van der Waals surface area contributed by atoms with Crippen LogP contribution in [0.3, 0.4) is 0 Å². The second kappa shape index (κ2) is 12.7. The van der Waals surface area contributed by atoms with E-state index in [1.807, 2.05) is 32.0 Å². The molecule has 2 saturated heterocycles. The Morgan fingerprint density at radius 1 is 0.973 bits per heavy atom. The third-order valence-electron chi connectivity index (χ3n) is 7.32. The average Bonchev–Trinajstić information content (AvgIpc) is 2.83. The number of piperidine rings is 1. The standard InChI is InChI=1S/C25H34BrF3N2O4.C2H6/c1-24(2,33)16-3-8-22(21(26)13-16)35-18-6-4-17(5-7-18)31-14-20(15-31)34-19-9-11-30(12-10-19)23(32)25(27,28)29;1-2/h3,8,13,17-20,33H,4-7,9-12,14-15H2,1-2H3;1-2H3. The third-order valence-corrected chi connectivity index (χ3v) is 7.94.